The first kappa shape index (κ1) is 15.4. The number of hydrazone groups is 1. The second kappa shape index (κ2) is 6.08. The maximum atomic E-state index is 4.42. The van der Waals surface area contributed by atoms with E-state index in [0.29, 0.717) is 23.9 Å². The van der Waals surface area contributed by atoms with E-state index in [4.69, 9.17) is 0 Å². The molecule has 4 unspecified atom stereocenters. The normalized spacial score (nSPS) is 31.4. The van der Waals surface area contributed by atoms with E-state index in [1.54, 1.807) is 0 Å². The number of hydrogen-bond donors (Lipinski definition) is 2. The van der Waals surface area contributed by atoms with Gasteiger partial charge in [0.2, 0.25) is 0 Å². The molecule has 0 aromatic rings. The number of fused-ring (bicyclic) bond motifs is 2. The summed E-state index contributed by atoms with van der Waals surface area (Å²) in [6.07, 6.45) is 16.8. The molecule has 4 rings (SSSR count). The van der Waals surface area contributed by atoms with Crippen molar-refractivity contribution in [2.45, 2.75) is 45.3 Å². The van der Waals surface area contributed by atoms with Gasteiger partial charge >= 0.3 is 0 Å². The molecule has 4 heteroatoms. The predicted octanol–water partition coefficient (Wildman–Crippen LogP) is 2.37. The Hall–Kier alpha value is -2.10. The number of hydrazine groups is 1. The van der Waals surface area contributed by atoms with Gasteiger partial charge in [0.1, 0.15) is 6.04 Å². The van der Waals surface area contributed by atoms with Gasteiger partial charge in [-0.2, -0.15) is 5.43 Å². The van der Waals surface area contributed by atoms with E-state index in [0.717, 1.165) is 13.0 Å². The van der Waals surface area contributed by atoms with Gasteiger partial charge < -0.3 is 5.32 Å². The summed E-state index contributed by atoms with van der Waals surface area (Å²) in [4.78, 5) is 4.42. The first-order valence-corrected chi connectivity index (χ1v) is 9.07. The van der Waals surface area contributed by atoms with Crippen LogP contribution in [0.2, 0.25) is 0 Å². The molecule has 2 heterocycles. The average molecular weight is 323 g/mol. The second-order valence-electron chi connectivity index (χ2n) is 7.59. The number of aliphatic imine (C=N–C) groups is 1. The van der Waals surface area contributed by atoms with Gasteiger partial charge in [-0.05, 0) is 29.6 Å². The van der Waals surface area contributed by atoms with Gasteiger partial charge in [0.15, 0.2) is 12.8 Å². The molecule has 0 spiro atoms. The zero-order valence-electron chi connectivity index (χ0n) is 14.7. The van der Waals surface area contributed by atoms with Crippen LogP contribution in [0.15, 0.2) is 52.1 Å². The summed E-state index contributed by atoms with van der Waals surface area (Å²) in [7, 11) is 0. The molecule has 126 valence electrons. The maximum Gasteiger partial charge on any atom is 0.198 e. The fourth-order valence-corrected chi connectivity index (χ4v) is 3.85. The second-order valence-corrected chi connectivity index (χ2v) is 7.59. The van der Waals surface area contributed by atoms with Crippen molar-refractivity contribution in [2.75, 3.05) is 6.54 Å². The zero-order chi connectivity index (χ0) is 16.7. The molecule has 4 nitrogen and oxygen atoms in total. The van der Waals surface area contributed by atoms with E-state index in [9.17, 15) is 0 Å². The van der Waals surface area contributed by atoms with Gasteiger partial charge in [-0.3, -0.25) is 4.99 Å². The standard InChI is InChI=1S/C20H27N4/c1-13(2)15-4-6-18-17(8-15)11-24(23-18)10-14(3)16-5-7-19-20(9-16)22-12-21-19/h4-5,7-9,11-14,18-20,23H,6,10H2,1-3H3,(H,21,22)/q+1. The van der Waals surface area contributed by atoms with Crippen molar-refractivity contribution in [3.05, 3.63) is 47.1 Å². The van der Waals surface area contributed by atoms with Crippen molar-refractivity contribution in [1.82, 2.24) is 10.7 Å². The Labute approximate surface area is 144 Å². The lowest BCUT2D eigenvalue weighted by Gasteiger charge is -2.21. The minimum atomic E-state index is 0.283. The highest BCUT2D eigenvalue weighted by atomic mass is 15.5. The molecule has 0 radical (unpaired) electrons. The van der Waals surface area contributed by atoms with Crippen LogP contribution in [-0.4, -0.2) is 41.9 Å². The van der Waals surface area contributed by atoms with Crippen molar-refractivity contribution in [1.29, 1.82) is 0 Å². The molecule has 0 fully saturated rings. The fourth-order valence-electron chi connectivity index (χ4n) is 3.85. The highest BCUT2D eigenvalue weighted by Crippen LogP contribution is 2.26. The summed E-state index contributed by atoms with van der Waals surface area (Å²) in [6, 6.07) is 1.07. The third-order valence-electron chi connectivity index (χ3n) is 5.40. The molecule has 0 aromatic carbocycles. The number of nitrogens with zero attached hydrogens (tertiary/aromatic N) is 2. The van der Waals surface area contributed by atoms with Gasteiger partial charge in [0.05, 0.1) is 18.4 Å². The highest BCUT2D eigenvalue weighted by molar-refractivity contribution is 5.79. The number of nitrogens with one attached hydrogen (secondary N) is 2. The molecule has 4 aliphatic rings. The van der Waals surface area contributed by atoms with Crippen LogP contribution < -0.4 is 10.7 Å². The number of allylic oxidation sites excluding steroid dienone is 3. The van der Waals surface area contributed by atoms with Gasteiger partial charge in [0, 0.05) is 11.5 Å². The third-order valence-corrected chi connectivity index (χ3v) is 5.40. The van der Waals surface area contributed by atoms with E-state index in [1.165, 1.54) is 16.7 Å². The molecule has 0 aromatic heterocycles. The van der Waals surface area contributed by atoms with E-state index in [-0.39, 0.29) is 6.04 Å². The van der Waals surface area contributed by atoms with Crippen molar-refractivity contribution >= 4 is 12.6 Å². The third kappa shape index (κ3) is 2.85. The minimum absolute atomic E-state index is 0.283. The van der Waals surface area contributed by atoms with E-state index in [2.05, 4.69) is 77.8 Å². The SMILES string of the molecule is CC(C)C1=CCC2N[N+](CC(C)C3=CC4NC=NC4C=C3)=CC2=C1. The molecular formula is C20H27N4+. The van der Waals surface area contributed by atoms with Crippen LogP contribution >= 0.6 is 0 Å². The first-order chi connectivity index (χ1) is 11.6. The van der Waals surface area contributed by atoms with Crippen molar-refractivity contribution in [2.24, 2.45) is 16.8 Å². The number of hydrogen-bond acceptors (Lipinski definition) is 3. The van der Waals surface area contributed by atoms with Crippen LogP contribution in [0.25, 0.3) is 0 Å². The van der Waals surface area contributed by atoms with Gasteiger partial charge in [0.25, 0.3) is 0 Å². The molecule has 0 bridgehead atoms. The highest BCUT2D eigenvalue weighted by Gasteiger charge is 2.32. The lowest BCUT2D eigenvalue weighted by Crippen LogP contribution is -2.36. The molecule has 0 saturated heterocycles. The summed E-state index contributed by atoms with van der Waals surface area (Å²) < 4.78 is 2.28. The summed E-state index contributed by atoms with van der Waals surface area (Å²) in [5.74, 6) is 1.08. The van der Waals surface area contributed by atoms with Crippen LogP contribution in [0.5, 0.6) is 0 Å². The Morgan fingerprint density at radius 3 is 3.00 bits per heavy atom. The molecule has 2 N–H and O–H groups in total. The van der Waals surface area contributed by atoms with Crippen molar-refractivity contribution < 1.29 is 4.68 Å². The Kier molecular flexibility index (Phi) is 3.91. The maximum absolute atomic E-state index is 4.42. The molecule has 4 atom stereocenters. The van der Waals surface area contributed by atoms with Crippen molar-refractivity contribution in [3.8, 4) is 0 Å². The van der Waals surface area contributed by atoms with Gasteiger partial charge in [-0.25, -0.2) is 0 Å². The Morgan fingerprint density at radius 1 is 1.29 bits per heavy atom. The molecule has 2 aliphatic heterocycles. The summed E-state index contributed by atoms with van der Waals surface area (Å²) in [5.41, 5.74) is 7.93. The summed E-state index contributed by atoms with van der Waals surface area (Å²) >= 11 is 0. The van der Waals surface area contributed by atoms with E-state index < -0.39 is 0 Å². The largest absolute Gasteiger partial charge is 0.368 e. The lowest BCUT2D eigenvalue weighted by molar-refractivity contribution is -0.584. The van der Waals surface area contributed by atoms with Crippen LogP contribution in [-0.2, 0) is 0 Å². The first-order valence-electron chi connectivity index (χ1n) is 9.07. The van der Waals surface area contributed by atoms with Crippen LogP contribution in [0.1, 0.15) is 27.2 Å². The van der Waals surface area contributed by atoms with Crippen LogP contribution in [0.4, 0.5) is 0 Å². The van der Waals surface area contributed by atoms with Gasteiger partial charge in [-0.15, -0.1) is 4.68 Å². The van der Waals surface area contributed by atoms with Crippen LogP contribution in [0.3, 0.4) is 0 Å². The number of rotatable bonds is 4. The Bertz CT molecular complexity index is 705. The smallest absolute Gasteiger partial charge is 0.198 e. The van der Waals surface area contributed by atoms with E-state index in [1.807, 2.05) is 6.34 Å². The molecule has 0 saturated carbocycles. The monoisotopic (exact) mass is 323 g/mol. The Balaban J connectivity index is 1.43. The Morgan fingerprint density at radius 2 is 2.17 bits per heavy atom. The fraction of sp³-hybridized carbons (Fsp3) is 0.500. The van der Waals surface area contributed by atoms with E-state index >= 15 is 0 Å². The zero-order valence-corrected chi connectivity index (χ0v) is 14.7. The topological polar surface area (TPSA) is 39.4 Å². The summed E-state index contributed by atoms with van der Waals surface area (Å²) in [5, 5.41) is 3.32. The molecule has 24 heavy (non-hydrogen) atoms. The molecule has 2 aliphatic carbocycles. The predicted molar refractivity (Wildman–Crippen MR) is 99.3 cm³/mol. The van der Waals surface area contributed by atoms with Crippen molar-refractivity contribution in [3.63, 3.8) is 0 Å². The average Bonchev–Trinajstić information content (AvgIpc) is 3.18. The molecular weight excluding hydrogens is 296 g/mol. The quantitative estimate of drug-likeness (QED) is 0.780. The van der Waals surface area contributed by atoms with Gasteiger partial charge in [-0.1, -0.05) is 45.1 Å². The summed E-state index contributed by atoms with van der Waals surface area (Å²) in [6.45, 7) is 7.82. The molecule has 0 amide bonds. The lowest BCUT2D eigenvalue weighted by atomic mass is 9.91. The minimum Gasteiger partial charge on any atom is -0.368 e. The van der Waals surface area contributed by atoms with Crippen LogP contribution in [0, 0.1) is 11.8 Å².